The Bertz CT molecular complexity index is 833. The van der Waals surface area contributed by atoms with Crippen LogP contribution in [0.5, 0.6) is 0 Å². The minimum absolute atomic E-state index is 0.0548. The number of benzene rings is 1. The first-order valence-electron chi connectivity index (χ1n) is 11.1. The van der Waals surface area contributed by atoms with Gasteiger partial charge in [-0.05, 0) is 75.2 Å². The van der Waals surface area contributed by atoms with Crippen molar-refractivity contribution in [1.29, 1.82) is 0 Å². The number of piperidine rings is 1. The van der Waals surface area contributed by atoms with Gasteiger partial charge in [0.25, 0.3) is 11.8 Å². The summed E-state index contributed by atoms with van der Waals surface area (Å²) in [5, 5.41) is 5.98. The summed E-state index contributed by atoms with van der Waals surface area (Å²) in [6.45, 7) is 3.02. The number of amides is 2. The first-order chi connectivity index (χ1) is 14.7. The van der Waals surface area contributed by atoms with Crippen LogP contribution in [0.15, 0.2) is 47.1 Å². The van der Waals surface area contributed by atoms with Crippen LogP contribution in [-0.4, -0.2) is 41.9 Å². The average molecular weight is 410 g/mol. The van der Waals surface area contributed by atoms with Crippen LogP contribution in [0.2, 0.25) is 0 Å². The second kappa shape index (κ2) is 9.47. The number of anilines is 1. The van der Waals surface area contributed by atoms with E-state index >= 15 is 0 Å². The third-order valence-corrected chi connectivity index (χ3v) is 6.54. The maximum Gasteiger partial charge on any atom is 0.291 e. The van der Waals surface area contributed by atoms with E-state index in [-0.39, 0.29) is 23.1 Å². The van der Waals surface area contributed by atoms with Gasteiger partial charge in [0.2, 0.25) is 0 Å². The molecule has 4 rings (SSSR count). The van der Waals surface area contributed by atoms with Crippen molar-refractivity contribution < 1.29 is 14.0 Å². The first-order valence-corrected chi connectivity index (χ1v) is 11.1. The van der Waals surface area contributed by atoms with Crippen molar-refractivity contribution in [2.24, 2.45) is 0 Å². The van der Waals surface area contributed by atoms with E-state index in [0.29, 0.717) is 17.8 Å². The number of carbonyl (C=O) groups excluding carboxylic acids is 2. The Hall–Kier alpha value is -2.60. The van der Waals surface area contributed by atoms with Gasteiger partial charge < -0.3 is 15.1 Å². The van der Waals surface area contributed by atoms with E-state index in [4.69, 9.17) is 4.42 Å². The number of carbonyl (C=O) groups is 2. The van der Waals surface area contributed by atoms with Gasteiger partial charge in [-0.15, -0.1) is 0 Å². The molecule has 0 bridgehead atoms. The zero-order chi connectivity index (χ0) is 20.8. The normalized spacial score (nSPS) is 19.2. The Morgan fingerprint density at radius 3 is 2.27 bits per heavy atom. The monoisotopic (exact) mass is 409 g/mol. The number of hydrogen-bond acceptors (Lipinski definition) is 4. The molecule has 1 saturated carbocycles. The Labute approximate surface area is 178 Å². The highest BCUT2D eigenvalue weighted by Gasteiger charge is 2.38. The number of nitrogens with zero attached hydrogens (tertiary/aromatic N) is 1. The molecule has 30 heavy (non-hydrogen) atoms. The standard InChI is InChI=1S/C24H31N3O3/c28-22(19-9-11-20(12-10-19)26-23(29)21-8-7-17-30-21)25-18-24(13-3-1-4-14-24)27-15-5-2-6-16-27/h7-12,17H,1-6,13-16,18H2,(H,25,28)(H,26,29). The fourth-order valence-electron chi connectivity index (χ4n) is 4.84. The highest BCUT2D eigenvalue weighted by Crippen LogP contribution is 2.35. The van der Waals surface area contributed by atoms with E-state index < -0.39 is 0 Å². The third kappa shape index (κ3) is 4.75. The number of rotatable bonds is 6. The average Bonchev–Trinajstić information content (AvgIpc) is 3.34. The molecule has 0 unspecified atom stereocenters. The van der Waals surface area contributed by atoms with Gasteiger partial charge >= 0.3 is 0 Å². The molecule has 2 N–H and O–H groups in total. The molecule has 1 aliphatic carbocycles. The van der Waals surface area contributed by atoms with Gasteiger partial charge in [0.05, 0.1) is 6.26 Å². The predicted molar refractivity (Wildman–Crippen MR) is 117 cm³/mol. The fourth-order valence-corrected chi connectivity index (χ4v) is 4.84. The quantitative estimate of drug-likeness (QED) is 0.739. The van der Waals surface area contributed by atoms with Crippen molar-refractivity contribution >= 4 is 17.5 Å². The lowest BCUT2D eigenvalue weighted by molar-refractivity contribution is 0.0326. The van der Waals surface area contributed by atoms with Crippen LogP contribution in [0.1, 0.15) is 72.3 Å². The van der Waals surface area contributed by atoms with Gasteiger partial charge in [-0.3, -0.25) is 14.5 Å². The van der Waals surface area contributed by atoms with Crippen molar-refractivity contribution in [3.63, 3.8) is 0 Å². The molecule has 0 radical (unpaired) electrons. The Balaban J connectivity index is 1.36. The van der Waals surface area contributed by atoms with Crippen LogP contribution in [0.3, 0.4) is 0 Å². The summed E-state index contributed by atoms with van der Waals surface area (Å²) in [6.07, 6.45) is 11.5. The molecule has 1 aromatic carbocycles. The van der Waals surface area contributed by atoms with Crippen molar-refractivity contribution in [1.82, 2.24) is 10.2 Å². The minimum Gasteiger partial charge on any atom is -0.459 e. The minimum atomic E-state index is -0.307. The summed E-state index contributed by atoms with van der Waals surface area (Å²) in [4.78, 5) is 27.5. The molecule has 1 saturated heterocycles. The summed E-state index contributed by atoms with van der Waals surface area (Å²) < 4.78 is 5.10. The topological polar surface area (TPSA) is 74.6 Å². The molecule has 2 aliphatic rings. The third-order valence-electron chi connectivity index (χ3n) is 6.54. The molecule has 2 aromatic rings. The van der Waals surface area contributed by atoms with Crippen LogP contribution in [0.4, 0.5) is 5.69 Å². The SMILES string of the molecule is O=C(NCC1(N2CCCCC2)CCCCC1)c1ccc(NC(=O)c2ccco2)cc1. The lowest BCUT2D eigenvalue weighted by atomic mass is 9.79. The summed E-state index contributed by atoms with van der Waals surface area (Å²) in [7, 11) is 0. The number of likely N-dealkylation sites (tertiary alicyclic amines) is 1. The van der Waals surface area contributed by atoms with Crippen LogP contribution >= 0.6 is 0 Å². The van der Waals surface area contributed by atoms with Crippen LogP contribution < -0.4 is 10.6 Å². The molecule has 2 amide bonds. The first kappa shape index (κ1) is 20.7. The van der Waals surface area contributed by atoms with Gasteiger partial charge in [0, 0.05) is 23.3 Å². The van der Waals surface area contributed by atoms with E-state index in [2.05, 4.69) is 15.5 Å². The Morgan fingerprint density at radius 1 is 0.900 bits per heavy atom. The second-order valence-electron chi connectivity index (χ2n) is 8.52. The van der Waals surface area contributed by atoms with Gasteiger partial charge in [0.1, 0.15) is 0 Å². The van der Waals surface area contributed by atoms with Crippen LogP contribution in [-0.2, 0) is 0 Å². The van der Waals surface area contributed by atoms with E-state index in [1.54, 1.807) is 36.4 Å². The van der Waals surface area contributed by atoms with Gasteiger partial charge in [-0.25, -0.2) is 0 Å². The largest absolute Gasteiger partial charge is 0.459 e. The van der Waals surface area contributed by atoms with Crippen molar-refractivity contribution in [3.8, 4) is 0 Å². The molecule has 6 heteroatoms. The summed E-state index contributed by atoms with van der Waals surface area (Å²) >= 11 is 0. The Morgan fingerprint density at radius 2 is 1.60 bits per heavy atom. The Kier molecular flexibility index (Phi) is 6.53. The molecular formula is C24H31N3O3. The van der Waals surface area contributed by atoms with E-state index in [1.165, 1.54) is 57.6 Å². The van der Waals surface area contributed by atoms with Crippen molar-refractivity contribution in [2.45, 2.75) is 56.9 Å². The fraction of sp³-hybridized carbons (Fsp3) is 0.500. The molecule has 2 fully saturated rings. The maximum absolute atomic E-state index is 12.8. The van der Waals surface area contributed by atoms with Gasteiger partial charge in [-0.1, -0.05) is 25.7 Å². The highest BCUT2D eigenvalue weighted by molar-refractivity contribution is 6.02. The smallest absolute Gasteiger partial charge is 0.291 e. The molecule has 2 heterocycles. The van der Waals surface area contributed by atoms with Gasteiger partial charge in [0.15, 0.2) is 5.76 Å². The highest BCUT2D eigenvalue weighted by atomic mass is 16.3. The molecule has 0 spiro atoms. The summed E-state index contributed by atoms with van der Waals surface area (Å²) in [5.74, 6) is -0.105. The van der Waals surface area contributed by atoms with E-state index in [9.17, 15) is 9.59 Å². The maximum atomic E-state index is 12.8. The molecule has 1 aromatic heterocycles. The molecule has 160 valence electrons. The lowest BCUT2D eigenvalue weighted by Gasteiger charge is -2.48. The van der Waals surface area contributed by atoms with E-state index in [0.717, 1.165) is 13.1 Å². The summed E-state index contributed by atoms with van der Waals surface area (Å²) in [5.41, 5.74) is 1.35. The van der Waals surface area contributed by atoms with Crippen LogP contribution in [0, 0.1) is 0 Å². The predicted octanol–water partition coefficient (Wildman–Crippen LogP) is 4.45. The number of nitrogens with one attached hydrogen (secondary N) is 2. The number of hydrogen-bond donors (Lipinski definition) is 2. The lowest BCUT2D eigenvalue weighted by Crippen LogP contribution is -2.58. The second-order valence-corrected chi connectivity index (χ2v) is 8.52. The molecular weight excluding hydrogens is 378 g/mol. The molecule has 6 nitrogen and oxygen atoms in total. The zero-order valence-corrected chi connectivity index (χ0v) is 17.5. The van der Waals surface area contributed by atoms with Crippen molar-refractivity contribution in [2.75, 3.05) is 25.0 Å². The molecule has 0 atom stereocenters. The van der Waals surface area contributed by atoms with Crippen LogP contribution in [0.25, 0.3) is 0 Å². The van der Waals surface area contributed by atoms with Crippen molar-refractivity contribution in [3.05, 3.63) is 54.0 Å². The zero-order valence-electron chi connectivity index (χ0n) is 17.5. The summed E-state index contributed by atoms with van der Waals surface area (Å²) in [6, 6.07) is 10.3. The molecule has 1 aliphatic heterocycles. The van der Waals surface area contributed by atoms with Gasteiger partial charge in [-0.2, -0.15) is 0 Å². The van der Waals surface area contributed by atoms with E-state index in [1.807, 2.05) is 0 Å². The number of furan rings is 1.